The quantitative estimate of drug-likeness (QED) is 0.837. The Labute approximate surface area is 93.8 Å². The van der Waals surface area contributed by atoms with Crippen LogP contribution in [0.4, 0.5) is 5.82 Å². The van der Waals surface area contributed by atoms with E-state index in [4.69, 9.17) is 5.73 Å². The molecular formula is C12H14N2S. The van der Waals surface area contributed by atoms with Crippen LogP contribution in [0.25, 0.3) is 10.6 Å². The summed E-state index contributed by atoms with van der Waals surface area (Å²) < 4.78 is 0. The molecule has 2 N–H and O–H groups in total. The molecule has 0 atom stereocenters. The summed E-state index contributed by atoms with van der Waals surface area (Å²) in [6.07, 6.45) is 0. The lowest BCUT2D eigenvalue weighted by Gasteiger charge is -1.99. The molecule has 0 radical (unpaired) electrons. The Morgan fingerprint density at radius 3 is 2.60 bits per heavy atom. The van der Waals surface area contributed by atoms with Crippen LogP contribution < -0.4 is 5.73 Å². The minimum atomic E-state index is 0.574. The molecule has 0 amide bonds. The molecule has 15 heavy (non-hydrogen) atoms. The fourth-order valence-electron chi connectivity index (χ4n) is 1.39. The summed E-state index contributed by atoms with van der Waals surface area (Å²) in [5.74, 6) is 1.15. The highest BCUT2D eigenvalue weighted by molar-refractivity contribution is 7.15. The van der Waals surface area contributed by atoms with E-state index < -0.39 is 0 Å². The molecule has 2 heterocycles. The Bertz CT molecular complexity index is 460. The first-order valence-electron chi connectivity index (χ1n) is 4.99. The monoisotopic (exact) mass is 218 g/mol. The van der Waals surface area contributed by atoms with Crippen molar-refractivity contribution in [3.8, 4) is 10.6 Å². The lowest BCUT2D eigenvalue weighted by molar-refractivity contribution is 0.890. The zero-order valence-corrected chi connectivity index (χ0v) is 9.71. The van der Waals surface area contributed by atoms with Gasteiger partial charge in [0.05, 0.1) is 10.6 Å². The standard InChI is InChI=1S/C12H14N2S/c1-8(2)10-6-7-11(15-10)9-4-3-5-12(13)14-9/h3-8H,1-2H3,(H2,13,14). The van der Waals surface area contributed by atoms with Crippen molar-refractivity contribution < 1.29 is 0 Å². The van der Waals surface area contributed by atoms with Gasteiger partial charge in [0.15, 0.2) is 0 Å². The third-order valence-electron chi connectivity index (χ3n) is 2.22. The van der Waals surface area contributed by atoms with Gasteiger partial charge >= 0.3 is 0 Å². The average Bonchev–Trinajstić information content (AvgIpc) is 2.66. The highest BCUT2D eigenvalue weighted by Gasteiger charge is 2.06. The summed E-state index contributed by atoms with van der Waals surface area (Å²) >= 11 is 1.78. The van der Waals surface area contributed by atoms with Gasteiger partial charge in [-0.15, -0.1) is 11.3 Å². The molecule has 0 fully saturated rings. The topological polar surface area (TPSA) is 38.9 Å². The molecule has 2 aromatic heterocycles. The van der Waals surface area contributed by atoms with Gasteiger partial charge in [-0.05, 0) is 30.2 Å². The Morgan fingerprint density at radius 1 is 1.20 bits per heavy atom. The molecule has 3 heteroatoms. The fraction of sp³-hybridized carbons (Fsp3) is 0.250. The maximum absolute atomic E-state index is 5.66. The Morgan fingerprint density at radius 2 is 2.00 bits per heavy atom. The van der Waals surface area contributed by atoms with Crippen molar-refractivity contribution in [2.45, 2.75) is 19.8 Å². The number of pyridine rings is 1. The second-order valence-electron chi connectivity index (χ2n) is 3.80. The number of hydrogen-bond acceptors (Lipinski definition) is 3. The van der Waals surface area contributed by atoms with Crippen molar-refractivity contribution in [3.05, 3.63) is 35.2 Å². The maximum Gasteiger partial charge on any atom is 0.124 e. The molecule has 2 rings (SSSR count). The van der Waals surface area contributed by atoms with Crippen LogP contribution >= 0.6 is 11.3 Å². The van der Waals surface area contributed by atoms with Gasteiger partial charge < -0.3 is 5.73 Å². The first-order chi connectivity index (χ1) is 7.16. The molecule has 0 saturated carbocycles. The van der Waals surface area contributed by atoms with Crippen molar-refractivity contribution in [1.82, 2.24) is 4.98 Å². The van der Waals surface area contributed by atoms with Gasteiger partial charge in [0.2, 0.25) is 0 Å². The normalized spacial score (nSPS) is 10.9. The summed E-state index contributed by atoms with van der Waals surface area (Å²) in [5, 5.41) is 0. The van der Waals surface area contributed by atoms with Gasteiger partial charge in [-0.2, -0.15) is 0 Å². The van der Waals surface area contributed by atoms with E-state index >= 15 is 0 Å². The Balaban J connectivity index is 2.37. The Kier molecular flexibility index (Phi) is 2.73. The average molecular weight is 218 g/mol. The largest absolute Gasteiger partial charge is 0.384 e. The predicted molar refractivity (Wildman–Crippen MR) is 66.1 cm³/mol. The van der Waals surface area contributed by atoms with Crippen LogP contribution in [0.2, 0.25) is 0 Å². The van der Waals surface area contributed by atoms with E-state index in [9.17, 15) is 0 Å². The minimum absolute atomic E-state index is 0.574. The van der Waals surface area contributed by atoms with E-state index in [1.54, 1.807) is 17.4 Å². The SMILES string of the molecule is CC(C)c1ccc(-c2cccc(N)n2)s1. The fourth-order valence-corrected chi connectivity index (χ4v) is 2.37. The van der Waals surface area contributed by atoms with Gasteiger partial charge in [0, 0.05) is 4.88 Å². The molecule has 0 aliphatic rings. The van der Waals surface area contributed by atoms with E-state index in [1.807, 2.05) is 12.1 Å². The lowest BCUT2D eigenvalue weighted by atomic mass is 10.2. The van der Waals surface area contributed by atoms with Crippen molar-refractivity contribution in [2.75, 3.05) is 5.73 Å². The van der Waals surface area contributed by atoms with E-state index in [-0.39, 0.29) is 0 Å². The van der Waals surface area contributed by atoms with Gasteiger partial charge in [0.1, 0.15) is 5.82 Å². The molecule has 0 aliphatic heterocycles. The number of nitrogens with two attached hydrogens (primary N) is 1. The molecule has 0 saturated heterocycles. The third kappa shape index (κ3) is 2.18. The van der Waals surface area contributed by atoms with Crippen LogP contribution in [0.5, 0.6) is 0 Å². The maximum atomic E-state index is 5.66. The van der Waals surface area contributed by atoms with Crippen molar-refractivity contribution in [3.63, 3.8) is 0 Å². The smallest absolute Gasteiger partial charge is 0.124 e. The van der Waals surface area contributed by atoms with Crippen LogP contribution in [-0.4, -0.2) is 4.98 Å². The third-order valence-corrected chi connectivity index (χ3v) is 3.63. The van der Waals surface area contributed by atoms with Gasteiger partial charge in [-0.25, -0.2) is 4.98 Å². The first kappa shape index (κ1) is 10.2. The number of rotatable bonds is 2. The van der Waals surface area contributed by atoms with Crippen molar-refractivity contribution >= 4 is 17.2 Å². The summed E-state index contributed by atoms with van der Waals surface area (Å²) in [4.78, 5) is 6.87. The van der Waals surface area contributed by atoms with Gasteiger partial charge in [0.25, 0.3) is 0 Å². The zero-order valence-electron chi connectivity index (χ0n) is 8.90. The summed E-state index contributed by atoms with van der Waals surface area (Å²) in [7, 11) is 0. The molecule has 0 aliphatic carbocycles. The number of nitrogens with zero attached hydrogens (tertiary/aromatic N) is 1. The number of anilines is 1. The highest BCUT2D eigenvalue weighted by Crippen LogP contribution is 2.31. The van der Waals surface area contributed by atoms with Gasteiger partial charge in [-0.1, -0.05) is 19.9 Å². The number of aromatic nitrogens is 1. The minimum Gasteiger partial charge on any atom is -0.384 e. The van der Waals surface area contributed by atoms with Crippen LogP contribution in [0, 0.1) is 0 Å². The first-order valence-corrected chi connectivity index (χ1v) is 5.81. The predicted octanol–water partition coefficient (Wildman–Crippen LogP) is 3.52. The van der Waals surface area contributed by atoms with E-state index in [1.165, 1.54) is 9.75 Å². The van der Waals surface area contributed by atoms with Crippen LogP contribution in [-0.2, 0) is 0 Å². The molecule has 0 unspecified atom stereocenters. The molecular weight excluding hydrogens is 204 g/mol. The summed E-state index contributed by atoms with van der Waals surface area (Å²) in [6.45, 7) is 4.39. The van der Waals surface area contributed by atoms with Crippen LogP contribution in [0.1, 0.15) is 24.6 Å². The van der Waals surface area contributed by atoms with Crippen LogP contribution in [0.15, 0.2) is 30.3 Å². The summed E-state index contributed by atoms with van der Waals surface area (Å²) in [6, 6.07) is 10.0. The van der Waals surface area contributed by atoms with Crippen molar-refractivity contribution in [1.29, 1.82) is 0 Å². The van der Waals surface area contributed by atoms with Crippen LogP contribution in [0.3, 0.4) is 0 Å². The molecule has 0 spiro atoms. The van der Waals surface area contributed by atoms with Crippen molar-refractivity contribution in [2.24, 2.45) is 0 Å². The number of thiophene rings is 1. The van der Waals surface area contributed by atoms with Gasteiger partial charge in [-0.3, -0.25) is 0 Å². The molecule has 2 aromatic rings. The lowest BCUT2D eigenvalue weighted by Crippen LogP contribution is -1.89. The molecule has 78 valence electrons. The number of hydrogen-bond donors (Lipinski definition) is 1. The zero-order chi connectivity index (χ0) is 10.8. The van der Waals surface area contributed by atoms with E-state index in [0.29, 0.717) is 11.7 Å². The molecule has 2 nitrogen and oxygen atoms in total. The molecule has 0 aromatic carbocycles. The van der Waals surface area contributed by atoms with E-state index in [0.717, 1.165) is 5.69 Å². The Hall–Kier alpha value is -1.35. The molecule has 0 bridgehead atoms. The summed E-state index contributed by atoms with van der Waals surface area (Å²) in [5.41, 5.74) is 6.62. The number of nitrogen functional groups attached to an aromatic ring is 1. The second-order valence-corrected chi connectivity index (χ2v) is 4.92. The van der Waals surface area contributed by atoms with E-state index in [2.05, 4.69) is 31.0 Å². The second kappa shape index (κ2) is 4.03. The highest BCUT2D eigenvalue weighted by atomic mass is 32.1.